The summed E-state index contributed by atoms with van der Waals surface area (Å²) < 4.78 is 42.9. The number of alkyl halides is 3. The van der Waals surface area contributed by atoms with E-state index in [-0.39, 0.29) is 12.7 Å². The zero-order valence-corrected chi connectivity index (χ0v) is 15.3. The van der Waals surface area contributed by atoms with Crippen LogP contribution in [0, 0.1) is 0 Å². The molecule has 25 heavy (non-hydrogen) atoms. The van der Waals surface area contributed by atoms with Gasteiger partial charge in [0.05, 0.1) is 18.4 Å². The average molecular weight is 378 g/mol. The van der Waals surface area contributed by atoms with Gasteiger partial charge in [0.15, 0.2) is 0 Å². The fraction of sp³-hybridized carbons (Fsp3) is 0.588. The Morgan fingerprint density at radius 3 is 2.44 bits per heavy atom. The van der Waals surface area contributed by atoms with E-state index in [9.17, 15) is 13.2 Å². The first-order chi connectivity index (χ1) is 11.9. The van der Waals surface area contributed by atoms with Crippen molar-refractivity contribution in [1.29, 1.82) is 0 Å². The first-order valence-corrected chi connectivity index (χ1v) is 8.68. The minimum Gasteiger partial charge on any atom is -0.381 e. The lowest BCUT2D eigenvalue weighted by molar-refractivity contribution is -0.142. The number of benzene rings is 1. The molecule has 0 aromatic heterocycles. The second-order valence-electron chi connectivity index (χ2n) is 5.51. The van der Waals surface area contributed by atoms with Gasteiger partial charge in [0.2, 0.25) is 5.11 Å². The van der Waals surface area contributed by atoms with E-state index < -0.39 is 11.4 Å². The molecule has 1 aromatic carbocycles. The molecule has 0 heterocycles. The van der Waals surface area contributed by atoms with E-state index in [1.54, 1.807) is 37.4 Å². The number of rotatable bonds is 10. The number of anilines is 1. The third kappa shape index (κ3) is 9.04. The first kappa shape index (κ1) is 21.7. The molecule has 0 aliphatic heterocycles. The smallest absolute Gasteiger partial charge is 0.381 e. The summed E-state index contributed by atoms with van der Waals surface area (Å²) in [4.78, 5) is 5.49. The van der Waals surface area contributed by atoms with Gasteiger partial charge < -0.3 is 4.74 Å². The first-order valence-electron chi connectivity index (χ1n) is 8.27. The molecule has 0 radical (unpaired) electrons. The van der Waals surface area contributed by atoms with Crippen LogP contribution in [0.1, 0.15) is 39.0 Å². The molecule has 1 atom stereocenters. The van der Waals surface area contributed by atoms with Crippen molar-refractivity contribution in [3.8, 4) is 0 Å². The van der Waals surface area contributed by atoms with Gasteiger partial charge in [-0.25, -0.2) is 0 Å². The van der Waals surface area contributed by atoms with Crippen LogP contribution in [-0.2, 0) is 9.57 Å². The summed E-state index contributed by atoms with van der Waals surface area (Å²) in [6.45, 7) is 2.35. The van der Waals surface area contributed by atoms with Crippen LogP contribution in [0.15, 0.2) is 30.3 Å². The molecular formula is C17H25F3N2O2S. The van der Waals surface area contributed by atoms with Gasteiger partial charge in [-0.2, -0.15) is 18.2 Å². The molecule has 0 amide bonds. The third-order valence-electron chi connectivity index (χ3n) is 3.60. The quantitative estimate of drug-likeness (QED) is 0.274. The van der Waals surface area contributed by atoms with Gasteiger partial charge in [-0.15, -0.1) is 0 Å². The Labute approximate surface area is 152 Å². The molecule has 0 fully saturated rings. The zero-order valence-electron chi connectivity index (χ0n) is 14.5. The number of thiocarbonyl (C=S) groups is 1. The fourth-order valence-electron chi connectivity index (χ4n) is 2.28. The maximum absolute atomic E-state index is 12.5. The molecule has 0 saturated carbocycles. The van der Waals surface area contributed by atoms with Gasteiger partial charge in [0.1, 0.15) is 0 Å². The highest BCUT2D eigenvalue weighted by molar-refractivity contribution is 7.80. The lowest BCUT2D eigenvalue weighted by Gasteiger charge is -2.25. The van der Waals surface area contributed by atoms with Gasteiger partial charge in [-0.05, 0) is 43.6 Å². The number of ether oxygens (including phenoxy) is 1. The Morgan fingerprint density at radius 2 is 1.88 bits per heavy atom. The van der Waals surface area contributed by atoms with E-state index >= 15 is 0 Å². The highest BCUT2D eigenvalue weighted by Gasteiger charge is 2.31. The van der Waals surface area contributed by atoms with Crippen LogP contribution in [-0.4, -0.2) is 31.2 Å². The van der Waals surface area contributed by atoms with Gasteiger partial charge in [0.25, 0.3) is 0 Å². The molecule has 1 aromatic rings. The fourth-order valence-corrected chi connectivity index (χ4v) is 2.55. The number of para-hydroxylation sites is 1. The molecule has 0 spiro atoms. The van der Waals surface area contributed by atoms with E-state index in [4.69, 9.17) is 21.8 Å². The maximum atomic E-state index is 12.5. The topological polar surface area (TPSA) is 33.7 Å². The molecule has 0 aliphatic carbocycles. The second-order valence-corrected chi connectivity index (χ2v) is 5.89. The minimum absolute atomic E-state index is 0.255. The lowest BCUT2D eigenvalue weighted by Crippen LogP contribution is -2.46. The molecule has 8 heteroatoms. The number of halogens is 3. The summed E-state index contributed by atoms with van der Waals surface area (Å²) in [7, 11) is 1.70. The molecule has 4 nitrogen and oxygen atoms in total. The Bertz CT molecular complexity index is 496. The van der Waals surface area contributed by atoms with Crippen molar-refractivity contribution in [2.24, 2.45) is 0 Å². The van der Waals surface area contributed by atoms with Crippen molar-refractivity contribution in [2.45, 2.75) is 51.4 Å². The van der Waals surface area contributed by atoms with E-state index in [0.717, 1.165) is 37.2 Å². The summed E-state index contributed by atoms with van der Waals surface area (Å²) in [5, 5.41) is 1.78. The number of unbranched alkanes of at least 4 members (excludes halogenated alkanes) is 2. The van der Waals surface area contributed by atoms with Gasteiger partial charge in [-0.1, -0.05) is 38.0 Å². The van der Waals surface area contributed by atoms with Crippen LogP contribution in [0.4, 0.5) is 18.9 Å². The van der Waals surface area contributed by atoms with Crippen molar-refractivity contribution in [3.05, 3.63) is 30.3 Å². The number of hydroxylamine groups is 1. The number of methoxy groups -OCH3 is 1. The van der Waals surface area contributed by atoms with Crippen LogP contribution in [0.25, 0.3) is 0 Å². The molecule has 142 valence electrons. The SMILES string of the molecule is CC[C@H](CCCCCON(C(=S)NC(F)(F)F)c1ccccc1)OC. The Hall–Kier alpha value is -1.38. The Morgan fingerprint density at radius 1 is 1.20 bits per heavy atom. The average Bonchev–Trinajstić information content (AvgIpc) is 2.56. The van der Waals surface area contributed by atoms with Crippen LogP contribution in [0.5, 0.6) is 0 Å². The predicted octanol–water partition coefficient (Wildman–Crippen LogP) is 4.80. The molecular weight excluding hydrogens is 353 g/mol. The maximum Gasteiger partial charge on any atom is 0.484 e. The van der Waals surface area contributed by atoms with E-state index in [1.807, 2.05) is 0 Å². The number of nitrogens with one attached hydrogen (secondary N) is 1. The number of hydrogen-bond acceptors (Lipinski definition) is 3. The van der Waals surface area contributed by atoms with Crippen molar-refractivity contribution in [3.63, 3.8) is 0 Å². The van der Waals surface area contributed by atoms with Crippen LogP contribution < -0.4 is 10.4 Å². The highest BCUT2D eigenvalue weighted by Crippen LogP contribution is 2.18. The lowest BCUT2D eigenvalue weighted by atomic mass is 10.1. The monoisotopic (exact) mass is 378 g/mol. The number of nitrogens with zero attached hydrogens (tertiary/aromatic N) is 1. The normalized spacial score (nSPS) is 12.7. The van der Waals surface area contributed by atoms with Crippen molar-refractivity contribution >= 4 is 23.0 Å². The van der Waals surface area contributed by atoms with E-state index in [0.29, 0.717) is 5.69 Å². The zero-order chi connectivity index (χ0) is 18.7. The largest absolute Gasteiger partial charge is 0.484 e. The molecule has 0 saturated heterocycles. The van der Waals surface area contributed by atoms with Gasteiger partial charge in [0, 0.05) is 7.11 Å². The Kier molecular flexibility index (Phi) is 9.77. The van der Waals surface area contributed by atoms with E-state index in [2.05, 4.69) is 6.92 Å². The Balaban J connectivity index is 2.48. The molecule has 0 bridgehead atoms. The van der Waals surface area contributed by atoms with Crippen molar-refractivity contribution in [2.75, 3.05) is 18.8 Å². The summed E-state index contributed by atoms with van der Waals surface area (Å²) in [5.74, 6) is 0. The summed E-state index contributed by atoms with van der Waals surface area (Å²) in [6, 6.07) is 8.44. The molecule has 1 rings (SSSR count). The van der Waals surface area contributed by atoms with Crippen LogP contribution >= 0.6 is 12.2 Å². The summed E-state index contributed by atoms with van der Waals surface area (Å²) in [6.07, 6.45) is 0.176. The minimum atomic E-state index is -4.61. The van der Waals surface area contributed by atoms with E-state index in [1.165, 1.54) is 5.32 Å². The summed E-state index contributed by atoms with van der Waals surface area (Å²) in [5.41, 5.74) is 0.440. The highest BCUT2D eigenvalue weighted by atomic mass is 32.1. The van der Waals surface area contributed by atoms with Gasteiger partial charge >= 0.3 is 6.30 Å². The third-order valence-corrected chi connectivity index (χ3v) is 3.87. The van der Waals surface area contributed by atoms with Crippen molar-refractivity contribution < 1.29 is 22.7 Å². The molecule has 0 unspecified atom stereocenters. The predicted molar refractivity (Wildman–Crippen MR) is 96.2 cm³/mol. The molecule has 0 aliphatic rings. The second kappa shape index (κ2) is 11.3. The van der Waals surface area contributed by atoms with Crippen molar-refractivity contribution in [1.82, 2.24) is 5.32 Å². The summed E-state index contributed by atoms with van der Waals surface area (Å²) >= 11 is 4.83. The van der Waals surface area contributed by atoms with Crippen LogP contribution in [0.3, 0.4) is 0 Å². The number of hydrogen-bond donors (Lipinski definition) is 1. The standard InChI is InChI=1S/C17H25F3N2O2S/c1-3-15(23-2)12-8-5-9-13-24-22(14-10-6-4-7-11-14)16(25)21-17(18,19)20/h4,6-7,10-11,15H,3,5,8-9,12-13H2,1-2H3,(H,21,25)/t15-/m1/s1. The van der Waals surface area contributed by atoms with Crippen LogP contribution in [0.2, 0.25) is 0 Å². The van der Waals surface area contributed by atoms with Gasteiger partial charge in [-0.3, -0.25) is 10.2 Å². The molecule has 1 N–H and O–H groups in total.